The highest BCUT2D eigenvalue weighted by molar-refractivity contribution is 5.17. The maximum atomic E-state index is 10.9. The highest BCUT2D eigenvalue weighted by Gasteiger charge is 2.50. The van der Waals surface area contributed by atoms with Gasteiger partial charge < -0.3 is 28.8 Å². The zero-order valence-electron chi connectivity index (χ0n) is 16.1. The molecule has 2 fully saturated rings. The number of hydrogen-bond acceptors (Lipinski definition) is 6. The molecular formula is C23H26O6. The van der Waals surface area contributed by atoms with Crippen molar-refractivity contribution in [3.63, 3.8) is 0 Å². The molecule has 0 aliphatic carbocycles. The van der Waals surface area contributed by atoms with Gasteiger partial charge in [-0.25, -0.2) is 0 Å². The lowest BCUT2D eigenvalue weighted by Gasteiger charge is -2.47. The summed E-state index contributed by atoms with van der Waals surface area (Å²) in [4.78, 5) is 0. The van der Waals surface area contributed by atoms with Crippen LogP contribution in [0.2, 0.25) is 0 Å². The van der Waals surface area contributed by atoms with Gasteiger partial charge >= 0.3 is 0 Å². The van der Waals surface area contributed by atoms with Gasteiger partial charge in [-0.05, 0) is 5.56 Å². The van der Waals surface area contributed by atoms with Crippen molar-refractivity contribution >= 4 is 0 Å². The molecular weight excluding hydrogens is 372 g/mol. The number of fused-ring (bicyclic) bond motifs is 1. The second-order valence-electron chi connectivity index (χ2n) is 7.09. The molecule has 0 aromatic heterocycles. The molecule has 6 nitrogen and oxygen atoms in total. The quantitative estimate of drug-likeness (QED) is 0.724. The number of aliphatic hydroxyl groups is 1. The Balaban J connectivity index is 1.47. The van der Waals surface area contributed by atoms with Crippen LogP contribution < -0.4 is 0 Å². The van der Waals surface area contributed by atoms with E-state index in [1.165, 1.54) is 0 Å². The minimum Gasteiger partial charge on any atom is -0.385 e. The molecule has 2 aliphatic rings. The third-order valence-corrected chi connectivity index (χ3v) is 5.04. The Bertz CT molecular complexity index is 767. The van der Waals surface area contributed by atoms with Crippen molar-refractivity contribution in [3.8, 4) is 0 Å². The molecule has 1 N–H and O–H groups in total. The minimum atomic E-state index is -1.01. The fourth-order valence-electron chi connectivity index (χ4n) is 3.60. The zero-order valence-corrected chi connectivity index (χ0v) is 16.1. The average Bonchev–Trinajstić information content (AvgIpc) is 2.78. The number of benzene rings is 2. The molecule has 6 atom stereocenters. The molecule has 29 heavy (non-hydrogen) atoms. The smallest absolute Gasteiger partial charge is 0.187 e. The van der Waals surface area contributed by atoms with Crippen LogP contribution in [-0.4, -0.2) is 49.0 Å². The molecule has 2 aliphatic heterocycles. The van der Waals surface area contributed by atoms with Crippen LogP contribution in [-0.2, 0) is 30.3 Å². The van der Waals surface area contributed by atoms with Gasteiger partial charge in [-0.2, -0.15) is 0 Å². The summed E-state index contributed by atoms with van der Waals surface area (Å²) in [7, 11) is 0. The Kier molecular flexibility index (Phi) is 6.71. The summed E-state index contributed by atoms with van der Waals surface area (Å²) < 4.78 is 29.7. The molecule has 6 unspecified atom stereocenters. The average molecular weight is 398 g/mol. The van der Waals surface area contributed by atoms with Gasteiger partial charge in [-0.1, -0.05) is 66.7 Å². The van der Waals surface area contributed by atoms with Crippen molar-refractivity contribution in [2.45, 2.75) is 43.6 Å². The molecule has 2 aromatic carbocycles. The van der Waals surface area contributed by atoms with Crippen molar-refractivity contribution in [2.24, 2.45) is 0 Å². The number of hydrogen-bond donors (Lipinski definition) is 1. The van der Waals surface area contributed by atoms with E-state index in [0.717, 1.165) is 11.1 Å². The van der Waals surface area contributed by atoms with Crippen molar-refractivity contribution in [2.75, 3.05) is 13.2 Å². The van der Waals surface area contributed by atoms with Crippen LogP contribution >= 0.6 is 0 Å². The summed E-state index contributed by atoms with van der Waals surface area (Å²) in [5, 5.41) is 10.9. The molecule has 0 amide bonds. The lowest BCUT2D eigenvalue weighted by atomic mass is 9.97. The maximum absolute atomic E-state index is 10.9. The van der Waals surface area contributed by atoms with Gasteiger partial charge in [0.25, 0.3) is 0 Å². The van der Waals surface area contributed by atoms with Gasteiger partial charge in [0.2, 0.25) is 0 Å². The monoisotopic (exact) mass is 398 g/mol. The highest BCUT2D eigenvalue weighted by atomic mass is 16.8. The first-order chi connectivity index (χ1) is 14.3. The Morgan fingerprint density at radius 2 is 1.72 bits per heavy atom. The lowest BCUT2D eigenvalue weighted by molar-refractivity contribution is -0.366. The molecule has 154 valence electrons. The van der Waals surface area contributed by atoms with Crippen molar-refractivity contribution in [1.82, 2.24) is 0 Å². The van der Waals surface area contributed by atoms with Crippen molar-refractivity contribution in [1.29, 1.82) is 0 Å². The second kappa shape index (κ2) is 9.63. The van der Waals surface area contributed by atoms with Crippen LogP contribution in [0, 0.1) is 0 Å². The van der Waals surface area contributed by atoms with E-state index in [2.05, 4.69) is 6.58 Å². The lowest BCUT2D eigenvalue weighted by Crippen LogP contribution is -2.63. The van der Waals surface area contributed by atoms with Crippen LogP contribution in [0.15, 0.2) is 73.3 Å². The van der Waals surface area contributed by atoms with Crippen LogP contribution in [0.1, 0.15) is 17.4 Å². The molecule has 0 radical (unpaired) electrons. The number of aliphatic hydroxyl groups excluding tert-OH is 1. The Hall–Kier alpha value is -2.06. The van der Waals surface area contributed by atoms with E-state index < -0.39 is 37.0 Å². The largest absolute Gasteiger partial charge is 0.385 e. The molecule has 0 saturated carbocycles. The summed E-state index contributed by atoms with van der Waals surface area (Å²) in [6.07, 6.45) is -2.26. The van der Waals surface area contributed by atoms with Crippen LogP contribution in [0.3, 0.4) is 0 Å². The van der Waals surface area contributed by atoms with Gasteiger partial charge in [0.15, 0.2) is 12.6 Å². The standard InChI is InChI=1S/C23H26O6/c1-2-13-25-21-19(24)23(26-14-16-9-5-3-6-10-16)28-18-15-27-22(29-20(18)21)17-11-7-4-8-12-17/h2-12,18-24H,1,13-15H2. The second-order valence-corrected chi connectivity index (χ2v) is 7.09. The highest BCUT2D eigenvalue weighted by Crippen LogP contribution is 2.35. The van der Waals surface area contributed by atoms with Gasteiger partial charge in [0.1, 0.15) is 24.4 Å². The molecule has 2 saturated heterocycles. The van der Waals surface area contributed by atoms with E-state index in [0.29, 0.717) is 13.2 Å². The predicted octanol–water partition coefficient (Wildman–Crippen LogP) is 2.97. The van der Waals surface area contributed by atoms with Crippen molar-refractivity contribution in [3.05, 3.63) is 84.4 Å². The topological polar surface area (TPSA) is 66.4 Å². The van der Waals surface area contributed by atoms with E-state index in [1.807, 2.05) is 60.7 Å². The van der Waals surface area contributed by atoms with Crippen LogP contribution in [0.25, 0.3) is 0 Å². The third kappa shape index (κ3) is 4.75. The molecule has 4 rings (SSSR count). The number of ether oxygens (including phenoxy) is 5. The zero-order chi connectivity index (χ0) is 20.1. The van der Waals surface area contributed by atoms with Gasteiger partial charge in [0, 0.05) is 5.56 Å². The Labute approximate surface area is 170 Å². The van der Waals surface area contributed by atoms with Gasteiger partial charge in [0.05, 0.1) is 19.8 Å². The molecule has 0 bridgehead atoms. The van der Waals surface area contributed by atoms with Crippen molar-refractivity contribution < 1.29 is 28.8 Å². The van der Waals surface area contributed by atoms with E-state index >= 15 is 0 Å². The van der Waals surface area contributed by atoms with Crippen LogP contribution in [0.5, 0.6) is 0 Å². The summed E-state index contributed by atoms with van der Waals surface area (Å²) in [6.45, 7) is 4.62. The number of rotatable bonds is 7. The first-order valence-electron chi connectivity index (χ1n) is 9.80. The van der Waals surface area contributed by atoms with Gasteiger partial charge in [-0.3, -0.25) is 0 Å². The SMILES string of the molecule is C=CCOC1C(O)C(OCc2ccccc2)OC2COC(c3ccccc3)OC21. The minimum absolute atomic E-state index is 0.288. The van der Waals surface area contributed by atoms with E-state index in [4.69, 9.17) is 23.7 Å². The first kappa shape index (κ1) is 20.2. The first-order valence-corrected chi connectivity index (χ1v) is 9.80. The van der Waals surface area contributed by atoms with Gasteiger partial charge in [-0.15, -0.1) is 6.58 Å². The van der Waals surface area contributed by atoms with E-state index in [9.17, 15) is 5.11 Å². The predicted molar refractivity (Wildman–Crippen MR) is 106 cm³/mol. The Morgan fingerprint density at radius 1 is 1.00 bits per heavy atom. The molecule has 2 aromatic rings. The fourth-order valence-corrected chi connectivity index (χ4v) is 3.60. The molecule has 0 spiro atoms. The summed E-state index contributed by atoms with van der Waals surface area (Å²) >= 11 is 0. The molecule has 2 heterocycles. The van der Waals surface area contributed by atoms with E-state index in [1.54, 1.807) is 6.08 Å². The summed E-state index contributed by atoms with van der Waals surface area (Å²) in [5.41, 5.74) is 1.90. The summed E-state index contributed by atoms with van der Waals surface area (Å²) in [6, 6.07) is 19.4. The molecule has 6 heteroatoms. The summed E-state index contributed by atoms with van der Waals surface area (Å²) in [5.74, 6) is 0. The van der Waals surface area contributed by atoms with Crippen LogP contribution in [0.4, 0.5) is 0 Å². The third-order valence-electron chi connectivity index (χ3n) is 5.04. The maximum Gasteiger partial charge on any atom is 0.187 e. The Morgan fingerprint density at radius 3 is 2.45 bits per heavy atom. The normalized spacial score (nSPS) is 31.8. The fraction of sp³-hybridized carbons (Fsp3) is 0.391. The van der Waals surface area contributed by atoms with E-state index in [-0.39, 0.29) is 6.61 Å².